The van der Waals surface area contributed by atoms with Crippen molar-refractivity contribution in [1.82, 2.24) is 14.7 Å². The molecule has 0 spiro atoms. The molecule has 0 radical (unpaired) electrons. The second-order valence-electron chi connectivity index (χ2n) is 6.71. The Morgan fingerprint density at radius 3 is 2.22 bits per heavy atom. The average Bonchev–Trinajstić information content (AvgIpc) is 2.69. The Hall–Kier alpha value is -3.67. The highest BCUT2D eigenvalue weighted by atomic mass is 32.2. The highest BCUT2D eigenvalue weighted by molar-refractivity contribution is 7.90. The van der Waals surface area contributed by atoms with E-state index in [-0.39, 0.29) is 11.6 Å². The number of aryl methyl sites for hydroxylation is 2. The molecule has 0 saturated heterocycles. The second-order valence-corrected chi connectivity index (χ2v) is 8.33. The van der Waals surface area contributed by atoms with E-state index in [2.05, 4.69) is 9.97 Å². The number of rotatable bonds is 5. The number of nitrogens with zero attached hydrogens (tertiary/aromatic N) is 2. The number of ether oxygens (including phenoxy) is 1. The standard InChI is InChI=1S/C20H17F3N4O4S/c1-11-5-3-6-12(2)17(11)31-19-13(9-10-14(25-19)20(21,22)23)18(28)27-32(29,30)16-8-4-7-15(24)26-16/h3-10H,1-2H3,(H2,24,26)(H,27,28). The number of anilines is 1. The molecule has 12 heteroatoms. The number of carbonyl (C=O) groups excluding carboxylic acids is 1. The Morgan fingerprint density at radius 2 is 1.62 bits per heavy atom. The first kappa shape index (κ1) is 23.0. The Bertz CT molecular complexity index is 1270. The van der Waals surface area contributed by atoms with Crippen molar-refractivity contribution in [3.8, 4) is 11.6 Å². The normalized spacial score (nSPS) is 11.8. The minimum absolute atomic E-state index is 0.101. The van der Waals surface area contributed by atoms with Gasteiger partial charge in [0, 0.05) is 0 Å². The monoisotopic (exact) mass is 466 g/mol. The van der Waals surface area contributed by atoms with E-state index in [1.807, 2.05) is 0 Å². The molecule has 1 amide bonds. The van der Waals surface area contributed by atoms with E-state index in [4.69, 9.17) is 10.5 Å². The lowest BCUT2D eigenvalue weighted by Crippen LogP contribution is -2.31. The molecule has 0 saturated carbocycles. The third kappa shape index (κ3) is 4.97. The van der Waals surface area contributed by atoms with Crippen LogP contribution in [0.2, 0.25) is 0 Å². The first-order chi connectivity index (χ1) is 14.9. The molecule has 3 N–H and O–H groups in total. The molecular formula is C20H17F3N4O4S. The van der Waals surface area contributed by atoms with Crippen LogP contribution in [-0.2, 0) is 16.2 Å². The summed E-state index contributed by atoms with van der Waals surface area (Å²) >= 11 is 0. The van der Waals surface area contributed by atoms with Crippen molar-refractivity contribution in [2.45, 2.75) is 25.0 Å². The molecule has 3 aromatic rings. The Morgan fingerprint density at radius 1 is 1.00 bits per heavy atom. The van der Waals surface area contributed by atoms with Gasteiger partial charge in [-0.05, 0) is 49.2 Å². The molecule has 0 aliphatic carbocycles. The fourth-order valence-corrected chi connectivity index (χ4v) is 3.66. The number of sulfonamides is 1. The number of halogens is 3. The maximum absolute atomic E-state index is 13.2. The molecule has 0 unspecified atom stereocenters. The summed E-state index contributed by atoms with van der Waals surface area (Å²) in [6.07, 6.45) is -4.81. The van der Waals surface area contributed by atoms with Crippen LogP contribution in [0, 0.1) is 13.8 Å². The van der Waals surface area contributed by atoms with E-state index in [1.165, 1.54) is 12.1 Å². The van der Waals surface area contributed by atoms with Crippen molar-refractivity contribution in [1.29, 1.82) is 0 Å². The summed E-state index contributed by atoms with van der Waals surface area (Å²) in [5, 5.41) is -0.539. The zero-order valence-electron chi connectivity index (χ0n) is 16.8. The first-order valence-corrected chi connectivity index (χ1v) is 10.5. The molecule has 1 aromatic carbocycles. The molecule has 32 heavy (non-hydrogen) atoms. The van der Waals surface area contributed by atoms with Gasteiger partial charge >= 0.3 is 6.18 Å². The summed E-state index contributed by atoms with van der Waals surface area (Å²) in [5.74, 6) is -1.87. The quantitative estimate of drug-likeness (QED) is 0.589. The maximum atomic E-state index is 13.2. The molecular weight excluding hydrogens is 449 g/mol. The molecule has 0 bridgehead atoms. The highest BCUT2D eigenvalue weighted by Crippen LogP contribution is 2.34. The summed E-state index contributed by atoms with van der Waals surface area (Å²) in [5.41, 5.74) is 4.79. The van der Waals surface area contributed by atoms with E-state index in [0.717, 1.165) is 12.1 Å². The van der Waals surface area contributed by atoms with Gasteiger partial charge in [-0.15, -0.1) is 0 Å². The maximum Gasteiger partial charge on any atom is 0.433 e. The molecule has 0 fully saturated rings. The van der Waals surface area contributed by atoms with Gasteiger partial charge in [-0.1, -0.05) is 24.3 Å². The van der Waals surface area contributed by atoms with Crippen LogP contribution in [0.3, 0.4) is 0 Å². The fourth-order valence-electron chi connectivity index (χ4n) is 2.72. The van der Waals surface area contributed by atoms with E-state index >= 15 is 0 Å². The average molecular weight is 466 g/mol. The number of pyridine rings is 2. The second kappa shape index (κ2) is 8.46. The number of alkyl halides is 3. The molecule has 0 aliphatic rings. The van der Waals surface area contributed by atoms with Crippen LogP contribution >= 0.6 is 0 Å². The van der Waals surface area contributed by atoms with Gasteiger partial charge in [0.05, 0.1) is 0 Å². The van der Waals surface area contributed by atoms with Crippen molar-refractivity contribution < 1.29 is 31.1 Å². The van der Waals surface area contributed by atoms with Gasteiger partial charge in [0.2, 0.25) is 5.88 Å². The summed E-state index contributed by atoms with van der Waals surface area (Å²) in [7, 11) is -4.47. The lowest BCUT2D eigenvalue weighted by atomic mass is 10.1. The number of aromatic nitrogens is 2. The zero-order valence-corrected chi connectivity index (χ0v) is 17.6. The minimum atomic E-state index is -4.81. The molecule has 2 heterocycles. The van der Waals surface area contributed by atoms with Crippen molar-refractivity contribution >= 4 is 21.7 Å². The molecule has 3 rings (SSSR count). The smallest absolute Gasteiger partial charge is 0.433 e. The Labute approximate surface area is 181 Å². The zero-order chi connectivity index (χ0) is 23.7. The largest absolute Gasteiger partial charge is 0.438 e. The highest BCUT2D eigenvalue weighted by Gasteiger charge is 2.34. The summed E-state index contributed by atoms with van der Waals surface area (Å²) < 4.78 is 71.9. The lowest BCUT2D eigenvalue weighted by molar-refractivity contribution is -0.141. The van der Waals surface area contributed by atoms with Gasteiger partial charge < -0.3 is 10.5 Å². The van der Waals surface area contributed by atoms with Crippen LogP contribution in [-0.4, -0.2) is 24.3 Å². The molecule has 0 atom stereocenters. The van der Waals surface area contributed by atoms with Crippen LogP contribution in [0.15, 0.2) is 53.6 Å². The number of para-hydroxylation sites is 1. The number of carbonyl (C=O) groups is 1. The van der Waals surface area contributed by atoms with Gasteiger partial charge in [0.25, 0.3) is 15.9 Å². The van der Waals surface area contributed by atoms with Crippen LogP contribution < -0.4 is 15.2 Å². The van der Waals surface area contributed by atoms with Crippen molar-refractivity contribution in [2.75, 3.05) is 5.73 Å². The first-order valence-electron chi connectivity index (χ1n) is 9.00. The predicted molar refractivity (Wildman–Crippen MR) is 109 cm³/mol. The number of nitrogens with two attached hydrogens (primary N) is 1. The van der Waals surface area contributed by atoms with Gasteiger partial charge in [0.15, 0.2) is 5.03 Å². The predicted octanol–water partition coefficient (Wildman–Crippen LogP) is 3.61. The van der Waals surface area contributed by atoms with Crippen LogP contribution in [0.5, 0.6) is 11.6 Å². The molecule has 168 valence electrons. The number of hydrogen-bond acceptors (Lipinski definition) is 7. The fraction of sp³-hybridized carbons (Fsp3) is 0.150. The van der Waals surface area contributed by atoms with E-state index in [0.29, 0.717) is 17.2 Å². The van der Waals surface area contributed by atoms with Gasteiger partial charge in [-0.3, -0.25) is 4.79 Å². The lowest BCUT2D eigenvalue weighted by Gasteiger charge is -2.16. The van der Waals surface area contributed by atoms with E-state index in [1.54, 1.807) is 36.8 Å². The number of hydrogen-bond donors (Lipinski definition) is 2. The number of nitrogen functional groups attached to an aromatic ring is 1. The Balaban J connectivity index is 2.04. The Kier molecular flexibility index (Phi) is 6.08. The number of amides is 1. The SMILES string of the molecule is Cc1cccc(C)c1Oc1nc(C(F)(F)F)ccc1C(=O)NS(=O)(=O)c1cccc(N)n1. The molecule has 2 aromatic heterocycles. The minimum Gasteiger partial charge on any atom is -0.438 e. The van der Waals surface area contributed by atoms with Crippen LogP contribution in [0.1, 0.15) is 27.2 Å². The van der Waals surface area contributed by atoms with E-state index < -0.39 is 44.3 Å². The number of benzene rings is 1. The van der Waals surface area contributed by atoms with Gasteiger partial charge in [0.1, 0.15) is 22.8 Å². The summed E-state index contributed by atoms with van der Waals surface area (Å²) in [4.78, 5) is 19.8. The van der Waals surface area contributed by atoms with Crippen LogP contribution in [0.25, 0.3) is 0 Å². The third-order valence-electron chi connectivity index (χ3n) is 4.25. The van der Waals surface area contributed by atoms with Crippen LogP contribution in [0.4, 0.5) is 19.0 Å². The van der Waals surface area contributed by atoms with Crippen molar-refractivity contribution in [2.24, 2.45) is 0 Å². The van der Waals surface area contributed by atoms with Crippen molar-refractivity contribution in [3.05, 3.63) is 70.9 Å². The van der Waals surface area contributed by atoms with Crippen molar-refractivity contribution in [3.63, 3.8) is 0 Å². The summed E-state index contributed by atoms with van der Waals surface area (Å²) in [6, 6.07) is 10.1. The third-order valence-corrected chi connectivity index (χ3v) is 5.48. The molecule has 8 nitrogen and oxygen atoms in total. The summed E-state index contributed by atoms with van der Waals surface area (Å²) in [6.45, 7) is 3.32. The topological polar surface area (TPSA) is 124 Å². The molecule has 0 aliphatic heterocycles. The number of nitrogens with one attached hydrogen (secondary N) is 1. The van der Waals surface area contributed by atoms with E-state index in [9.17, 15) is 26.4 Å². The van der Waals surface area contributed by atoms with Gasteiger partial charge in [-0.2, -0.15) is 21.6 Å². The van der Waals surface area contributed by atoms with Gasteiger partial charge in [-0.25, -0.2) is 14.7 Å².